The van der Waals surface area contributed by atoms with Gasteiger partial charge in [0.25, 0.3) is 0 Å². The van der Waals surface area contributed by atoms with Crippen molar-refractivity contribution in [1.82, 2.24) is 4.90 Å². The van der Waals surface area contributed by atoms with Crippen molar-refractivity contribution in [2.24, 2.45) is 56.2 Å². The van der Waals surface area contributed by atoms with Crippen LogP contribution >= 0.6 is 0 Å². The van der Waals surface area contributed by atoms with Gasteiger partial charge < -0.3 is 19.3 Å². The van der Waals surface area contributed by atoms with Gasteiger partial charge in [-0.2, -0.15) is 0 Å². The lowest BCUT2D eigenvalue weighted by Crippen LogP contribution is -2.69. The summed E-state index contributed by atoms with van der Waals surface area (Å²) in [6, 6.07) is 17.7. The molecular formula is C51H69NO6. The van der Waals surface area contributed by atoms with E-state index >= 15 is 0 Å². The Hall–Kier alpha value is -3.26. The van der Waals surface area contributed by atoms with Crippen molar-refractivity contribution >= 4 is 17.5 Å². The molecule has 5 fully saturated rings. The van der Waals surface area contributed by atoms with Gasteiger partial charge in [-0.3, -0.25) is 9.69 Å². The van der Waals surface area contributed by atoms with Gasteiger partial charge in [0, 0.05) is 19.6 Å². The lowest BCUT2D eigenvalue weighted by molar-refractivity contribution is -0.264. The van der Waals surface area contributed by atoms with Gasteiger partial charge >= 0.3 is 11.9 Å². The fraction of sp³-hybridized carbons (Fsp3) is 0.647. The topological polar surface area (TPSA) is 85.3 Å². The highest BCUT2D eigenvalue weighted by Crippen LogP contribution is 2.81. The number of benzene rings is 2. The number of allylic oxidation sites excluding steroid dienone is 2. The second-order valence-electron chi connectivity index (χ2n) is 20.8. The molecule has 9 atom stereocenters. The average Bonchev–Trinajstić information content (AvgIpc) is 3.62. The quantitative estimate of drug-likeness (QED) is 0.138. The third-order valence-corrected chi connectivity index (χ3v) is 18.3. The molecule has 0 spiro atoms. The number of aromatic carboxylic acids is 1. The molecule has 6 aliphatic rings. The molecule has 5 aliphatic carbocycles. The average molecular weight is 792 g/mol. The Labute approximate surface area is 348 Å². The van der Waals surface area contributed by atoms with E-state index in [1.165, 1.54) is 12.0 Å². The number of carboxylic acid groups (broad SMARTS) is 1. The van der Waals surface area contributed by atoms with Crippen molar-refractivity contribution < 1.29 is 28.9 Å². The first kappa shape index (κ1) is 41.5. The summed E-state index contributed by atoms with van der Waals surface area (Å²) in [5.41, 5.74) is 4.60. The van der Waals surface area contributed by atoms with Crippen LogP contribution in [0.3, 0.4) is 0 Å². The van der Waals surface area contributed by atoms with Gasteiger partial charge in [-0.25, -0.2) is 4.79 Å². The molecule has 4 saturated carbocycles. The zero-order chi connectivity index (χ0) is 41.1. The van der Waals surface area contributed by atoms with Gasteiger partial charge in [0.05, 0.1) is 37.4 Å². The van der Waals surface area contributed by atoms with Crippen LogP contribution in [-0.2, 0) is 25.6 Å². The van der Waals surface area contributed by atoms with Crippen LogP contribution < -0.4 is 0 Å². The van der Waals surface area contributed by atoms with Crippen LogP contribution in [0.15, 0.2) is 72.8 Å². The summed E-state index contributed by atoms with van der Waals surface area (Å²) in [6.45, 7) is 26.0. The van der Waals surface area contributed by atoms with Crippen molar-refractivity contribution in [3.8, 4) is 0 Å². The Morgan fingerprint density at radius 3 is 2.24 bits per heavy atom. The number of carbonyl (C=O) groups excluding carboxylic acids is 1. The molecule has 58 heavy (non-hydrogen) atoms. The van der Waals surface area contributed by atoms with E-state index in [9.17, 15) is 14.7 Å². The van der Waals surface area contributed by atoms with E-state index in [-0.39, 0.29) is 44.9 Å². The Bertz CT molecular complexity index is 1900. The predicted octanol–water partition coefficient (Wildman–Crippen LogP) is 10.5. The highest BCUT2D eigenvalue weighted by Gasteiger charge is 2.75. The number of nitrogens with zero attached hydrogens (tertiary/aromatic N) is 1. The molecule has 0 bridgehead atoms. The van der Waals surface area contributed by atoms with Gasteiger partial charge in [-0.05, 0) is 143 Å². The normalized spacial score (nSPS) is 38.0. The molecule has 0 amide bonds. The number of morpholine rings is 1. The molecule has 1 aliphatic heterocycles. The summed E-state index contributed by atoms with van der Waals surface area (Å²) in [7, 11) is 0. The van der Waals surface area contributed by atoms with E-state index in [1.54, 1.807) is 12.1 Å². The molecule has 0 unspecified atom stereocenters. The molecule has 314 valence electrons. The smallest absolute Gasteiger partial charge is 0.335 e. The third-order valence-electron chi connectivity index (χ3n) is 18.3. The second kappa shape index (κ2) is 15.3. The number of ether oxygens (including phenoxy) is 3. The van der Waals surface area contributed by atoms with Gasteiger partial charge in [0.15, 0.2) is 0 Å². The zero-order valence-corrected chi connectivity index (χ0v) is 36.2. The maximum Gasteiger partial charge on any atom is 0.335 e. The fourth-order valence-electron chi connectivity index (χ4n) is 15.1. The molecular weight excluding hydrogens is 723 g/mol. The van der Waals surface area contributed by atoms with Gasteiger partial charge in [0.1, 0.15) is 6.61 Å². The van der Waals surface area contributed by atoms with Crippen LogP contribution in [0.2, 0.25) is 0 Å². The Kier molecular flexibility index (Phi) is 11.0. The Morgan fingerprint density at radius 2 is 1.53 bits per heavy atom. The molecule has 1 N–H and O–H groups in total. The highest BCUT2D eigenvalue weighted by atomic mass is 16.5. The molecule has 0 aromatic heterocycles. The minimum atomic E-state index is -0.884. The van der Waals surface area contributed by atoms with Crippen LogP contribution in [0.4, 0.5) is 0 Å². The maximum atomic E-state index is 14.8. The first-order chi connectivity index (χ1) is 27.6. The third kappa shape index (κ3) is 6.47. The number of fused-ring (bicyclic) bond motifs is 7. The molecule has 8 rings (SSSR count). The summed E-state index contributed by atoms with van der Waals surface area (Å²) in [5.74, 6) is 0.520. The van der Waals surface area contributed by atoms with Crippen LogP contribution in [0, 0.1) is 56.2 Å². The molecule has 2 aromatic rings. The van der Waals surface area contributed by atoms with Crippen LogP contribution in [-0.4, -0.2) is 68.0 Å². The highest BCUT2D eigenvalue weighted by molar-refractivity contribution is 5.88. The van der Waals surface area contributed by atoms with Crippen LogP contribution in [0.5, 0.6) is 0 Å². The lowest BCUT2D eigenvalue weighted by atomic mass is 9.29. The Morgan fingerprint density at radius 1 is 0.845 bits per heavy atom. The van der Waals surface area contributed by atoms with E-state index < -0.39 is 11.4 Å². The van der Waals surface area contributed by atoms with E-state index in [0.717, 1.165) is 101 Å². The molecule has 1 saturated heterocycles. The minimum absolute atomic E-state index is 0.000746. The van der Waals surface area contributed by atoms with Crippen molar-refractivity contribution in [1.29, 1.82) is 0 Å². The summed E-state index contributed by atoms with van der Waals surface area (Å²) in [4.78, 5) is 28.9. The summed E-state index contributed by atoms with van der Waals surface area (Å²) in [6.07, 6.45) is 11.8. The van der Waals surface area contributed by atoms with Gasteiger partial charge in [0.2, 0.25) is 0 Å². The lowest BCUT2D eigenvalue weighted by Gasteiger charge is -2.75. The van der Waals surface area contributed by atoms with Gasteiger partial charge in [-0.15, -0.1) is 0 Å². The number of carboxylic acids is 1. The number of rotatable bonds is 11. The summed E-state index contributed by atoms with van der Waals surface area (Å²) < 4.78 is 18.3. The zero-order valence-electron chi connectivity index (χ0n) is 36.2. The largest absolute Gasteiger partial charge is 0.478 e. The first-order valence-corrected chi connectivity index (χ1v) is 22.4. The minimum Gasteiger partial charge on any atom is -0.478 e. The van der Waals surface area contributed by atoms with Crippen molar-refractivity contribution in [3.05, 3.63) is 89.5 Å². The van der Waals surface area contributed by atoms with Crippen LogP contribution in [0.25, 0.3) is 5.57 Å². The Balaban J connectivity index is 1.09. The van der Waals surface area contributed by atoms with Gasteiger partial charge in [-0.1, -0.05) is 96.7 Å². The fourth-order valence-corrected chi connectivity index (χ4v) is 15.1. The standard InChI is InChI=1S/C51H69NO6/c1-35(33-57-32-29-52-27-30-56-31-28-52)39-17-24-51(45(55)58-34-36-11-9-8-10-12-36)26-25-50(7)48(5)22-19-41-46(2,3)40(37-13-15-38(16-14-37)44(53)54)18-21-47(41,4)42(48)20-23-49(50,6)43(39)51/h8-16,18,39,41-43H,1,17,19-34H2,2-7H3,(H,53,54)/t39-,41-,42+,43+,47-,48+,49+,50-,51-/m0/s1. The van der Waals surface area contributed by atoms with Crippen molar-refractivity contribution in [2.75, 3.05) is 46.1 Å². The second-order valence-corrected chi connectivity index (χ2v) is 20.8. The van der Waals surface area contributed by atoms with Crippen molar-refractivity contribution in [3.63, 3.8) is 0 Å². The summed E-state index contributed by atoms with van der Waals surface area (Å²) in [5, 5.41) is 9.57. The number of hydrogen-bond acceptors (Lipinski definition) is 6. The van der Waals surface area contributed by atoms with E-state index in [1.807, 2.05) is 42.5 Å². The number of carbonyl (C=O) groups is 2. The maximum absolute atomic E-state index is 14.8. The number of hydrogen-bond donors (Lipinski definition) is 1. The molecule has 1 heterocycles. The molecule has 2 aromatic carbocycles. The summed E-state index contributed by atoms with van der Waals surface area (Å²) >= 11 is 0. The number of esters is 1. The van der Waals surface area contributed by atoms with E-state index in [4.69, 9.17) is 20.8 Å². The SMILES string of the molecule is C=C(COCCN1CCOCC1)[C@@H]1CC[C@]2(C(=O)OCc3ccccc3)CC[C@@]3(C)[C@]4(C)CC[C@H]5C(C)(C)C(c6ccc(C(=O)O)cc6)=CC[C@]5(C)[C@H]4CC[C@]3(C)[C@@H]12. The van der Waals surface area contributed by atoms with E-state index in [2.05, 4.69) is 52.5 Å². The van der Waals surface area contributed by atoms with Crippen LogP contribution in [0.1, 0.15) is 121 Å². The molecule has 7 heteroatoms. The molecule has 0 radical (unpaired) electrons. The molecule has 7 nitrogen and oxygen atoms in total. The van der Waals surface area contributed by atoms with E-state index in [0.29, 0.717) is 37.2 Å². The monoisotopic (exact) mass is 792 g/mol. The predicted molar refractivity (Wildman–Crippen MR) is 229 cm³/mol. The first-order valence-electron chi connectivity index (χ1n) is 22.4. The van der Waals surface area contributed by atoms with Crippen molar-refractivity contribution in [2.45, 2.75) is 106 Å².